The second-order valence-electron chi connectivity index (χ2n) is 7.13. The molecule has 0 spiro atoms. The fourth-order valence-electron chi connectivity index (χ4n) is 3.03. The van der Waals surface area contributed by atoms with Crippen LogP contribution >= 0.6 is 0 Å². The second kappa shape index (κ2) is 9.31. The quantitative estimate of drug-likeness (QED) is 0.433. The van der Waals surface area contributed by atoms with Gasteiger partial charge in [0.25, 0.3) is 0 Å². The highest BCUT2D eigenvalue weighted by atomic mass is 32.2. The van der Waals surface area contributed by atoms with Crippen molar-refractivity contribution in [1.82, 2.24) is 9.62 Å². The van der Waals surface area contributed by atoms with Crippen molar-refractivity contribution >= 4 is 27.6 Å². The number of hydrogen-bond acceptors (Lipinski definition) is 6. The maximum Gasteiger partial charge on any atom is 0.323 e. The van der Waals surface area contributed by atoms with Gasteiger partial charge in [0, 0.05) is 24.6 Å². The first-order valence-corrected chi connectivity index (χ1v) is 10.6. The number of ketones is 1. The lowest BCUT2D eigenvalue weighted by molar-refractivity contribution is -0.646. The lowest BCUT2D eigenvalue weighted by atomic mass is 9.95. The van der Waals surface area contributed by atoms with Crippen LogP contribution in [0, 0.1) is 17.0 Å². The van der Waals surface area contributed by atoms with Gasteiger partial charge < -0.3 is 16.3 Å². The Balaban J connectivity index is 2.06. The van der Waals surface area contributed by atoms with E-state index < -0.39 is 51.2 Å². The fourth-order valence-corrected chi connectivity index (χ4v) is 4.50. The average molecular weight is 425 g/mol. The average Bonchev–Trinajstić information content (AvgIpc) is 2.83. The summed E-state index contributed by atoms with van der Waals surface area (Å²) in [5, 5.41) is 14.0. The highest BCUT2D eigenvalue weighted by Crippen LogP contribution is 2.18. The monoisotopic (exact) mass is 425 g/mol. The standard InChI is InChI=1S/C18H25N4O6S/c1-12(17(19)24)10-13(2)18(25)20-14-6-5-8-21(11-15(14)23)29(27,28)16-7-3-4-9-22(16)26/h3-4,7,9,12,14H,5-6,8,10-11H2,1-2H3,(H2,19,24)(H,20,25). The molecule has 0 bridgehead atoms. The molecule has 0 aliphatic carbocycles. The Morgan fingerprint density at radius 3 is 2.72 bits per heavy atom. The number of carbonyl (C=O) groups excluding carboxylic acids is 3. The van der Waals surface area contributed by atoms with Gasteiger partial charge in [0.05, 0.1) is 18.5 Å². The number of rotatable bonds is 7. The maximum absolute atomic E-state index is 12.7. The molecular weight excluding hydrogens is 400 g/mol. The molecule has 2 amide bonds. The van der Waals surface area contributed by atoms with Crippen molar-refractivity contribution in [3.63, 3.8) is 0 Å². The minimum Gasteiger partial charge on any atom is -0.618 e. The van der Waals surface area contributed by atoms with Crippen LogP contribution in [0.25, 0.3) is 0 Å². The van der Waals surface area contributed by atoms with Crippen molar-refractivity contribution < 1.29 is 27.5 Å². The molecule has 1 fully saturated rings. The molecule has 1 radical (unpaired) electrons. The lowest BCUT2D eigenvalue weighted by Gasteiger charge is -2.20. The number of nitrogens with one attached hydrogen (secondary N) is 1. The summed E-state index contributed by atoms with van der Waals surface area (Å²) >= 11 is 0. The van der Waals surface area contributed by atoms with Gasteiger partial charge in [-0.05, 0) is 32.3 Å². The first kappa shape index (κ1) is 22.8. The van der Waals surface area contributed by atoms with E-state index in [-0.39, 0.29) is 24.1 Å². The molecule has 1 aliphatic rings. The third kappa shape index (κ3) is 5.51. The number of primary amides is 1. The van der Waals surface area contributed by atoms with Gasteiger partial charge in [-0.25, -0.2) is 8.42 Å². The zero-order valence-electron chi connectivity index (χ0n) is 16.3. The molecule has 2 unspecified atom stereocenters. The van der Waals surface area contributed by atoms with Crippen molar-refractivity contribution in [2.45, 2.75) is 44.2 Å². The zero-order chi connectivity index (χ0) is 21.8. The third-order valence-corrected chi connectivity index (χ3v) is 6.64. The number of nitrogens with zero attached hydrogens (tertiary/aromatic N) is 2. The summed E-state index contributed by atoms with van der Waals surface area (Å²) in [6, 6.07) is 3.16. The highest BCUT2D eigenvalue weighted by Gasteiger charge is 2.37. The van der Waals surface area contributed by atoms with E-state index in [1.54, 1.807) is 13.8 Å². The van der Waals surface area contributed by atoms with Crippen LogP contribution in [-0.2, 0) is 24.4 Å². The van der Waals surface area contributed by atoms with Crippen LogP contribution < -0.4 is 15.8 Å². The second-order valence-corrected chi connectivity index (χ2v) is 9.01. The molecule has 1 aromatic rings. The Bertz CT molecular complexity index is 888. The molecule has 29 heavy (non-hydrogen) atoms. The summed E-state index contributed by atoms with van der Waals surface area (Å²) < 4.78 is 26.7. The van der Waals surface area contributed by atoms with E-state index in [0.717, 1.165) is 10.5 Å². The van der Waals surface area contributed by atoms with Gasteiger partial charge in [-0.3, -0.25) is 14.4 Å². The number of aromatic nitrogens is 1. The van der Waals surface area contributed by atoms with E-state index in [1.807, 2.05) is 0 Å². The fraction of sp³-hybridized carbons (Fsp3) is 0.500. The van der Waals surface area contributed by atoms with E-state index in [4.69, 9.17) is 5.73 Å². The molecule has 0 saturated carbocycles. The Kier molecular flexibility index (Phi) is 7.31. The number of nitrogens with two attached hydrogens (primary N) is 1. The van der Waals surface area contributed by atoms with E-state index in [0.29, 0.717) is 12.3 Å². The van der Waals surface area contributed by atoms with E-state index in [9.17, 15) is 28.0 Å². The zero-order valence-corrected chi connectivity index (χ0v) is 17.1. The number of carbonyl (C=O) groups is 3. The van der Waals surface area contributed by atoms with Gasteiger partial charge in [-0.15, -0.1) is 0 Å². The SMILES string of the molecule is C[C](CC(C)C(N)=O)C(=O)NC1CCCN(S(=O)(=O)c2cccc[n+]2[O-])CC1=O. The summed E-state index contributed by atoms with van der Waals surface area (Å²) in [5.74, 6) is -1.64. The van der Waals surface area contributed by atoms with E-state index >= 15 is 0 Å². The van der Waals surface area contributed by atoms with E-state index in [2.05, 4.69) is 5.32 Å². The van der Waals surface area contributed by atoms with Crippen LogP contribution in [0.1, 0.15) is 33.1 Å². The Morgan fingerprint density at radius 1 is 1.41 bits per heavy atom. The van der Waals surface area contributed by atoms with Crippen LogP contribution in [0.3, 0.4) is 0 Å². The molecule has 10 nitrogen and oxygen atoms in total. The molecule has 1 aromatic heterocycles. The first-order valence-electron chi connectivity index (χ1n) is 9.17. The number of pyridine rings is 1. The lowest BCUT2D eigenvalue weighted by Crippen LogP contribution is -2.47. The Labute approximate surface area is 169 Å². The minimum absolute atomic E-state index is 0.0523. The van der Waals surface area contributed by atoms with Crippen molar-refractivity contribution in [1.29, 1.82) is 0 Å². The highest BCUT2D eigenvalue weighted by molar-refractivity contribution is 7.89. The van der Waals surface area contributed by atoms with Crippen LogP contribution in [-0.4, -0.2) is 49.5 Å². The summed E-state index contributed by atoms with van der Waals surface area (Å²) in [6.07, 6.45) is 1.83. The van der Waals surface area contributed by atoms with Crippen LogP contribution in [0.2, 0.25) is 0 Å². The van der Waals surface area contributed by atoms with Crippen molar-refractivity contribution in [2.24, 2.45) is 11.7 Å². The smallest absolute Gasteiger partial charge is 0.323 e. The number of Topliss-reactive ketones (excluding diaryl/α,β-unsaturated/α-hetero) is 1. The van der Waals surface area contributed by atoms with Crippen LogP contribution in [0.5, 0.6) is 0 Å². The molecule has 1 saturated heterocycles. The summed E-state index contributed by atoms with van der Waals surface area (Å²) in [6.45, 7) is 2.76. The van der Waals surface area contributed by atoms with Gasteiger partial charge in [0.1, 0.15) is 0 Å². The van der Waals surface area contributed by atoms with E-state index in [1.165, 1.54) is 18.2 Å². The summed E-state index contributed by atoms with van der Waals surface area (Å²) in [5.41, 5.74) is 5.20. The molecule has 3 N–H and O–H groups in total. The molecule has 1 aliphatic heterocycles. The van der Waals surface area contributed by atoms with Gasteiger partial charge in [-0.2, -0.15) is 9.04 Å². The largest absolute Gasteiger partial charge is 0.618 e. The molecule has 2 atom stereocenters. The third-order valence-electron chi connectivity index (χ3n) is 4.80. The number of hydrogen-bond donors (Lipinski definition) is 2. The number of amides is 2. The van der Waals surface area contributed by atoms with Crippen molar-refractivity contribution in [3.8, 4) is 0 Å². The molecule has 2 heterocycles. The van der Waals surface area contributed by atoms with Crippen molar-refractivity contribution in [3.05, 3.63) is 35.5 Å². The normalized spacial score (nSPS) is 19.6. The van der Waals surface area contributed by atoms with Gasteiger partial charge in [-0.1, -0.05) is 6.92 Å². The Hall–Kier alpha value is -2.53. The van der Waals surface area contributed by atoms with Gasteiger partial charge in [0.2, 0.25) is 11.8 Å². The first-order chi connectivity index (χ1) is 13.5. The summed E-state index contributed by atoms with van der Waals surface area (Å²) in [4.78, 5) is 36.1. The molecule has 11 heteroatoms. The van der Waals surface area contributed by atoms with Gasteiger partial charge >= 0.3 is 15.0 Å². The molecule has 2 rings (SSSR count). The van der Waals surface area contributed by atoms with Crippen LogP contribution in [0.4, 0.5) is 0 Å². The predicted octanol–water partition coefficient (Wildman–Crippen LogP) is -0.736. The topological polar surface area (TPSA) is 154 Å². The molecular formula is C18H25N4O6S. The predicted molar refractivity (Wildman–Crippen MR) is 102 cm³/mol. The Morgan fingerprint density at radius 2 is 2.10 bits per heavy atom. The van der Waals surface area contributed by atoms with Crippen LogP contribution in [0.15, 0.2) is 29.4 Å². The molecule has 0 aromatic carbocycles. The minimum atomic E-state index is -4.15. The molecule has 159 valence electrons. The summed E-state index contributed by atoms with van der Waals surface area (Å²) in [7, 11) is -4.15. The maximum atomic E-state index is 12.7. The number of sulfonamides is 1. The van der Waals surface area contributed by atoms with Crippen molar-refractivity contribution in [2.75, 3.05) is 13.1 Å². The van der Waals surface area contributed by atoms with Gasteiger partial charge in [0.15, 0.2) is 12.0 Å².